The molecule has 0 saturated heterocycles. The van der Waals surface area contributed by atoms with Crippen molar-refractivity contribution >= 4 is 13.7 Å². The van der Waals surface area contributed by atoms with Crippen LogP contribution >= 0.6 is 7.82 Å². The van der Waals surface area contributed by atoms with Crippen LogP contribution in [0.5, 0.6) is 11.5 Å². The first-order valence-corrected chi connectivity index (χ1v) is 11.2. The van der Waals surface area contributed by atoms with Crippen LogP contribution in [-0.2, 0) is 11.1 Å². The number of nitrogens with one attached hydrogen (secondary N) is 1. The number of rotatable bonds is 8. The molecule has 8 heteroatoms. The smallest absolute Gasteiger partial charge is 0.251 e. The maximum absolute atomic E-state index is 12.2. The number of hydrogen-bond donors (Lipinski definition) is 1. The molecule has 2 aromatic carbocycles. The summed E-state index contributed by atoms with van der Waals surface area (Å²) in [5, 5.41) is 2.79. The van der Waals surface area contributed by atoms with Gasteiger partial charge in [0.1, 0.15) is 19.3 Å². The lowest BCUT2D eigenvalue weighted by atomic mass is 9.90. The standard InChI is InChI=1S/C21H26NO6P/c23-21(18-8-12-20(13-9-18)28-29(24,25)26)22-14-16-6-10-19(11-7-16)27-15-17-4-2-1-3-5-17/h6-13,17H,1-5,14-15H2,(H,22,23)(H2,24,25,26)/p-2. The lowest BCUT2D eigenvalue weighted by Gasteiger charge is -2.28. The van der Waals surface area contributed by atoms with Crippen LogP contribution in [-0.4, -0.2) is 12.5 Å². The Balaban J connectivity index is 1.45. The zero-order valence-electron chi connectivity index (χ0n) is 16.0. The predicted molar refractivity (Wildman–Crippen MR) is 104 cm³/mol. The summed E-state index contributed by atoms with van der Waals surface area (Å²) < 4.78 is 20.7. The minimum atomic E-state index is -5.11. The summed E-state index contributed by atoms with van der Waals surface area (Å²) in [6.07, 6.45) is 6.40. The minimum Gasteiger partial charge on any atom is -0.780 e. The van der Waals surface area contributed by atoms with Gasteiger partial charge in [-0.1, -0.05) is 31.4 Å². The summed E-state index contributed by atoms with van der Waals surface area (Å²) in [6.45, 7) is 1.10. The van der Waals surface area contributed by atoms with Gasteiger partial charge in [-0.25, -0.2) is 0 Å². The Bertz CT molecular complexity index is 840. The van der Waals surface area contributed by atoms with E-state index in [1.807, 2.05) is 24.3 Å². The van der Waals surface area contributed by atoms with Crippen molar-refractivity contribution in [3.63, 3.8) is 0 Å². The van der Waals surface area contributed by atoms with E-state index in [0.717, 1.165) is 17.9 Å². The molecule has 156 valence electrons. The summed E-state index contributed by atoms with van der Waals surface area (Å²) in [5.41, 5.74) is 1.26. The van der Waals surface area contributed by atoms with E-state index in [0.29, 0.717) is 18.0 Å². The third-order valence-corrected chi connectivity index (χ3v) is 5.36. The van der Waals surface area contributed by atoms with Crippen LogP contribution in [0.3, 0.4) is 0 Å². The van der Waals surface area contributed by atoms with E-state index < -0.39 is 7.82 Å². The van der Waals surface area contributed by atoms with Crippen LogP contribution in [0.25, 0.3) is 0 Å². The molecule has 0 heterocycles. The largest absolute Gasteiger partial charge is 0.780 e. The molecule has 3 rings (SSSR count). The van der Waals surface area contributed by atoms with Gasteiger partial charge in [0.25, 0.3) is 5.91 Å². The van der Waals surface area contributed by atoms with Gasteiger partial charge in [-0.15, -0.1) is 0 Å². The normalized spacial score (nSPS) is 15.0. The van der Waals surface area contributed by atoms with Crippen LogP contribution in [0.2, 0.25) is 0 Å². The summed E-state index contributed by atoms with van der Waals surface area (Å²) in [5.74, 6) is 1.03. The molecule has 1 N–H and O–H groups in total. The molecule has 1 saturated carbocycles. The molecule has 1 aliphatic rings. The van der Waals surface area contributed by atoms with Crippen LogP contribution in [0.4, 0.5) is 0 Å². The molecule has 0 spiro atoms. The monoisotopic (exact) mass is 417 g/mol. The lowest BCUT2D eigenvalue weighted by Crippen LogP contribution is -2.22. The molecule has 1 amide bonds. The van der Waals surface area contributed by atoms with Crippen molar-refractivity contribution in [2.75, 3.05) is 6.61 Å². The molecule has 2 aromatic rings. The number of phosphoric acid groups is 1. The summed E-state index contributed by atoms with van der Waals surface area (Å²) in [7, 11) is -5.11. The molecule has 1 aliphatic carbocycles. The second kappa shape index (κ2) is 9.92. The highest BCUT2D eigenvalue weighted by atomic mass is 31.2. The second-order valence-corrected chi connectivity index (χ2v) is 8.28. The molecule has 0 radical (unpaired) electrons. The predicted octanol–water partition coefficient (Wildman–Crippen LogP) is 2.78. The van der Waals surface area contributed by atoms with E-state index in [4.69, 9.17) is 4.74 Å². The Labute approximate surface area is 170 Å². The molecule has 0 unspecified atom stereocenters. The van der Waals surface area contributed by atoms with E-state index in [1.165, 1.54) is 56.4 Å². The Morgan fingerprint density at radius 1 is 0.966 bits per heavy atom. The number of hydrogen-bond acceptors (Lipinski definition) is 6. The Morgan fingerprint density at radius 3 is 2.21 bits per heavy atom. The molecule has 0 aromatic heterocycles. The Hall–Kier alpha value is -2.34. The Kier molecular flexibility index (Phi) is 7.31. The van der Waals surface area contributed by atoms with E-state index in [2.05, 4.69) is 9.84 Å². The number of carbonyl (C=O) groups is 1. The molecule has 0 aliphatic heterocycles. The molecule has 0 bridgehead atoms. The van der Waals surface area contributed by atoms with Gasteiger partial charge in [0.15, 0.2) is 0 Å². The van der Waals surface area contributed by atoms with Gasteiger partial charge >= 0.3 is 0 Å². The first-order chi connectivity index (χ1) is 13.9. The average Bonchev–Trinajstić information content (AvgIpc) is 2.71. The summed E-state index contributed by atoms with van der Waals surface area (Å²) in [4.78, 5) is 33.4. The van der Waals surface area contributed by atoms with Gasteiger partial charge in [0, 0.05) is 12.1 Å². The van der Waals surface area contributed by atoms with E-state index in [9.17, 15) is 19.1 Å². The number of ether oxygens (including phenoxy) is 1. The quantitative estimate of drug-likeness (QED) is 0.661. The van der Waals surface area contributed by atoms with Crippen molar-refractivity contribution in [3.8, 4) is 11.5 Å². The van der Waals surface area contributed by atoms with Gasteiger partial charge < -0.3 is 28.9 Å². The number of carbonyl (C=O) groups excluding carboxylic acids is 1. The molecular weight excluding hydrogens is 393 g/mol. The van der Waals surface area contributed by atoms with Crippen molar-refractivity contribution in [1.82, 2.24) is 5.32 Å². The Morgan fingerprint density at radius 2 is 1.59 bits per heavy atom. The minimum absolute atomic E-state index is 0.126. The number of amides is 1. The van der Waals surface area contributed by atoms with E-state index in [-0.39, 0.29) is 11.7 Å². The van der Waals surface area contributed by atoms with E-state index in [1.54, 1.807) is 0 Å². The fraction of sp³-hybridized carbons (Fsp3) is 0.381. The molecule has 7 nitrogen and oxygen atoms in total. The summed E-state index contributed by atoms with van der Waals surface area (Å²) in [6, 6.07) is 12.9. The maximum Gasteiger partial charge on any atom is 0.251 e. The second-order valence-electron chi connectivity index (χ2n) is 7.20. The van der Waals surface area contributed by atoms with Crippen LogP contribution in [0.1, 0.15) is 48.0 Å². The van der Waals surface area contributed by atoms with Gasteiger partial charge in [-0.3, -0.25) is 4.79 Å². The highest BCUT2D eigenvalue weighted by Gasteiger charge is 2.14. The van der Waals surface area contributed by atoms with Gasteiger partial charge in [-0.05, 0) is 60.7 Å². The first-order valence-electron chi connectivity index (χ1n) is 9.71. The molecule has 1 fully saturated rings. The third kappa shape index (κ3) is 7.20. The van der Waals surface area contributed by atoms with Crippen molar-refractivity contribution in [2.24, 2.45) is 5.92 Å². The molecule has 0 atom stereocenters. The van der Waals surface area contributed by atoms with Gasteiger partial charge in [0.05, 0.1) is 6.61 Å². The molecular formula is C21H24NO6P-2. The third-order valence-electron chi connectivity index (χ3n) is 4.92. The lowest BCUT2D eigenvalue weighted by molar-refractivity contribution is -0.333. The highest BCUT2D eigenvalue weighted by Crippen LogP contribution is 2.29. The summed E-state index contributed by atoms with van der Waals surface area (Å²) >= 11 is 0. The van der Waals surface area contributed by atoms with Gasteiger partial charge in [-0.2, -0.15) is 0 Å². The van der Waals surface area contributed by atoms with Crippen molar-refractivity contribution in [3.05, 3.63) is 59.7 Å². The van der Waals surface area contributed by atoms with Gasteiger partial charge in [0.2, 0.25) is 0 Å². The number of benzene rings is 2. The first kappa shape index (κ1) is 21.4. The van der Waals surface area contributed by atoms with E-state index >= 15 is 0 Å². The highest BCUT2D eigenvalue weighted by molar-refractivity contribution is 7.43. The van der Waals surface area contributed by atoms with Crippen molar-refractivity contribution < 1.29 is 28.4 Å². The SMILES string of the molecule is O=C(NCc1ccc(OCC2CCCCC2)cc1)c1ccc(OP(=O)([O-])[O-])cc1. The topological polar surface area (TPSA) is 111 Å². The van der Waals surface area contributed by atoms with Crippen molar-refractivity contribution in [1.29, 1.82) is 0 Å². The zero-order chi connectivity index (χ0) is 20.7. The fourth-order valence-corrected chi connectivity index (χ4v) is 3.73. The zero-order valence-corrected chi connectivity index (χ0v) is 16.9. The maximum atomic E-state index is 12.2. The average molecular weight is 417 g/mol. The van der Waals surface area contributed by atoms with Crippen LogP contribution in [0.15, 0.2) is 48.5 Å². The molecule has 29 heavy (non-hydrogen) atoms. The van der Waals surface area contributed by atoms with Crippen molar-refractivity contribution in [2.45, 2.75) is 38.6 Å². The van der Waals surface area contributed by atoms with Crippen LogP contribution < -0.4 is 24.4 Å². The van der Waals surface area contributed by atoms with Crippen LogP contribution in [0, 0.1) is 5.92 Å². The fourth-order valence-electron chi connectivity index (χ4n) is 3.35. The number of phosphoric ester groups is 1.